The lowest BCUT2D eigenvalue weighted by Gasteiger charge is -2.11. The molecule has 1 heterocycles. The highest BCUT2D eigenvalue weighted by atomic mass is 79.9. The lowest BCUT2D eigenvalue weighted by Crippen LogP contribution is -2.12. The molecule has 2 aromatic rings. The van der Waals surface area contributed by atoms with Crippen molar-refractivity contribution in [2.45, 2.75) is 18.6 Å². The Labute approximate surface area is 135 Å². The van der Waals surface area contributed by atoms with E-state index in [-0.39, 0.29) is 6.04 Å². The predicted octanol–water partition coefficient (Wildman–Crippen LogP) is 5.53. The number of nitrogens with two attached hydrogens (primary N) is 1. The molecule has 1 atom stereocenters. The first-order chi connectivity index (χ1) is 9.27. The van der Waals surface area contributed by atoms with Crippen LogP contribution in [0.25, 0.3) is 0 Å². The molecule has 0 amide bonds. The fourth-order valence-corrected chi connectivity index (χ4v) is 3.82. The maximum Gasteiger partial charge on any atom is 0.416 e. The van der Waals surface area contributed by atoms with Crippen LogP contribution in [0.2, 0.25) is 0 Å². The van der Waals surface area contributed by atoms with Crippen LogP contribution in [0, 0.1) is 0 Å². The van der Waals surface area contributed by atoms with E-state index in [9.17, 15) is 13.2 Å². The van der Waals surface area contributed by atoms with Crippen LogP contribution in [0.4, 0.5) is 13.2 Å². The second-order valence-electron chi connectivity index (χ2n) is 4.28. The summed E-state index contributed by atoms with van der Waals surface area (Å²) < 4.78 is 39.3. The van der Waals surface area contributed by atoms with E-state index in [4.69, 9.17) is 5.73 Å². The summed E-state index contributed by atoms with van der Waals surface area (Å²) in [5, 5.41) is 0. The van der Waals surface area contributed by atoms with Crippen molar-refractivity contribution in [2.24, 2.45) is 5.73 Å². The fraction of sp³-hybridized carbons (Fsp3) is 0.231. The number of thiophene rings is 1. The molecule has 0 spiro atoms. The molecule has 0 aliphatic heterocycles. The van der Waals surface area contributed by atoms with Crippen LogP contribution in [-0.4, -0.2) is 0 Å². The third-order valence-corrected chi connectivity index (χ3v) is 6.15. The Hall–Kier alpha value is -0.370. The maximum atomic E-state index is 12.5. The zero-order valence-corrected chi connectivity index (χ0v) is 14.0. The Morgan fingerprint density at radius 2 is 1.75 bits per heavy atom. The maximum absolute atomic E-state index is 12.5. The van der Waals surface area contributed by atoms with Gasteiger partial charge >= 0.3 is 6.18 Å². The van der Waals surface area contributed by atoms with Crippen molar-refractivity contribution in [3.05, 3.63) is 54.6 Å². The van der Waals surface area contributed by atoms with Crippen molar-refractivity contribution in [3.63, 3.8) is 0 Å². The van der Waals surface area contributed by atoms with Crippen molar-refractivity contribution in [2.75, 3.05) is 0 Å². The third-order valence-electron chi connectivity index (χ3n) is 2.77. The highest BCUT2D eigenvalue weighted by molar-refractivity contribution is 9.13. The van der Waals surface area contributed by atoms with E-state index in [0.717, 1.165) is 30.8 Å². The van der Waals surface area contributed by atoms with Gasteiger partial charge in [-0.05, 0) is 62.0 Å². The Morgan fingerprint density at radius 3 is 2.20 bits per heavy atom. The van der Waals surface area contributed by atoms with Gasteiger partial charge in [-0.2, -0.15) is 13.2 Å². The molecule has 1 nitrogen and oxygen atoms in total. The molecule has 7 heteroatoms. The van der Waals surface area contributed by atoms with Crippen LogP contribution in [-0.2, 0) is 12.6 Å². The Kier molecular flexibility index (Phi) is 4.94. The van der Waals surface area contributed by atoms with Crippen LogP contribution in [0.3, 0.4) is 0 Å². The van der Waals surface area contributed by atoms with Crippen molar-refractivity contribution in [1.82, 2.24) is 0 Å². The monoisotopic (exact) mass is 427 g/mol. The standard InChI is InChI=1S/C13H10Br2F3NS/c14-9-6-11(20-12(9)15)10(19)5-7-1-3-8(4-2-7)13(16,17)18/h1-4,6,10H,5,19H2. The summed E-state index contributed by atoms with van der Waals surface area (Å²) in [7, 11) is 0. The number of benzene rings is 1. The largest absolute Gasteiger partial charge is 0.416 e. The second kappa shape index (κ2) is 6.17. The molecule has 0 bridgehead atoms. The van der Waals surface area contributed by atoms with E-state index < -0.39 is 11.7 Å². The molecular weight excluding hydrogens is 419 g/mol. The van der Waals surface area contributed by atoms with Gasteiger partial charge in [0.15, 0.2) is 0 Å². The van der Waals surface area contributed by atoms with Gasteiger partial charge in [0.2, 0.25) is 0 Å². The Morgan fingerprint density at radius 1 is 1.15 bits per heavy atom. The van der Waals surface area contributed by atoms with Crippen molar-refractivity contribution in [1.29, 1.82) is 0 Å². The summed E-state index contributed by atoms with van der Waals surface area (Å²) in [4.78, 5) is 0.976. The number of halogens is 5. The topological polar surface area (TPSA) is 26.0 Å². The Balaban J connectivity index is 2.10. The van der Waals surface area contributed by atoms with Gasteiger partial charge in [-0.25, -0.2) is 0 Å². The summed E-state index contributed by atoms with van der Waals surface area (Å²) in [6.45, 7) is 0. The van der Waals surface area contributed by atoms with E-state index in [2.05, 4.69) is 31.9 Å². The van der Waals surface area contributed by atoms with E-state index in [1.165, 1.54) is 23.5 Å². The summed E-state index contributed by atoms with van der Waals surface area (Å²) >= 11 is 8.29. The van der Waals surface area contributed by atoms with Gasteiger partial charge in [0.25, 0.3) is 0 Å². The normalized spacial score (nSPS) is 13.5. The van der Waals surface area contributed by atoms with Crippen molar-refractivity contribution in [3.8, 4) is 0 Å². The summed E-state index contributed by atoms with van der Waals surface area (Å²) in [5.74, 6) is 0. The molecular formula is C13H10Br2F3NS. The number of rotatable bonds is 3. The molecule has 0 fully saturated rings. The Bertz CT molecular complexity index is 573. The molecule has 2 rings (SSSR count). The summed E-state index contributed by atoms with van der Waals surface area (Å²) in [5.41, 5.74) is 6.22. The third kappa shape index (κ3) is 3.84. The highest BCUT2D eigenvalue weighted by Gasteiger charge is 2.30. The smallest absolute Gasteiger partial charge is 0.323 e. The number of alkyl halides is 3. The van der Waals surface area contributed by atoms with Gasteiger partial charge in [-0.3, -0.25) is 0 Å². The predicted molar refractivity (Wildman–Crippen MR) is 81.8 cm³/mol. The molecule has 0 saturated heterocycles. The number of hydrogen-bond acceptors (Lipinski definition) is 2. The minimum atomic E-state index is -4.30. The highest BCUT2D eigenvalue weighted by Crippen LogP contribution is 2.36. The average Bonchev–Trinajstić information content (AvgIpc) is 2.69. The fourth-order valence-electron chi connectivity index (χ4n) is 1.73. The molecule has 20 heavy (non-hydrogen) atoms. The van der Waals surface area contributed by atoms with E-state index in [0.29, 0.717) is 6.42 Å². The van der Waals surface area contributed by atoms with Crippen molar-refractivity contribution >= 4 is 43.2 Å². The van der Waals surface area contributed by atoms with E-state index >= 15 is 0 Å². The van der Waals surface area contributed by atoms with E-state index in [1.54, 1.807) is 0 Å². The van der Waals surface area contributed by atoms with Crippen LogP contribution in [0.5, 0.6) is 0 Å². The summed E-state index contributed by atoms with van der Waals surface area (Å²) in [6.07, 6.45) is -3.80. The first-order valence-electron chi connectivity index (χ1n) is 5.64. The second-order valence-corrected chi connectivity index (χ2v) is 7.53. The minimum absolute atomic E-state index is 0.237. The van der Waals surface area contributed by atoms with Gasteiger partial charge in [-0.1, -0.05) is 12.1 Å². The molecule has 0 saturated carbocycles. The molecule has 0 radical (unpaired) electrons. The van der Waals surface area contributed by atoms with Gasteiger partial charge < -0.3 is 5.73 Å². The van der Waals surface area contributed by atoms with Gasteiger partial charge in [0.05, 0.1) is 9.35 Å². The van der Waals surface area contributed by atoms with Crippen LogP contribution < -0.4 is 5.73 Å². The minimum Gasteiger partial charge on any atom is -0.323 e. The average molecular weight is 429 g/mol. The molecule has 1 aromatic carbocycles. The zero-order chi connectivity index (χ0) is 14.9. The van der Waals surface area contributed by atoms with E-state index in [1.807, 2.05) is 6.07 Å². The molecule has 0 aliphatic rings. The molecule has 1 unspecified atom stereocenters. The molecule has 2 N–H and O–H groups in total. The first kappa shape index (κ1) is 16.0. The zero-order valence-electron chi connectivity index (χ0n) is 10.0. The van der Waals surface area contributed by atoms with Gasteiger partial charge in [-0.15, -0.1) is 11.3 Å². The van der Waals surface area contributed by atoms with Crippen LogP contribution in [0.15, 0.2) is 38.6 Å². The van der Waals surface area contributed by atoms with Gasteiger partial charge in [0, 0.05) is 15.4 Å². The SMILES string of the molecule is NC(Cc1ccc(C(F)(F)F)cc1)c1cc(Br)c(Br)s1. The lowest BCUT2D eigenvalue weighted by atomic mass is 10.0. The van der Waals surface area contributed by atoms with Gasteiger partial charge in [0.1, 0.15) is 0 Å². The van der Waals surface area contributed by atoms with Crippen molar-refractivity contribution < 1.29 is 13.2 Å². The molecule has 108 valence electrons. The summed E-state index contributed by atoms with van der Waals surface area (Å²) in [6, 6.07) is 6.80. The number of hydrogen-bond donors (Lipinski definition) is 1. The molecule has 0 aliphatic carbocycles. The lowest BCUT2D eigenvalue weighted by molar-refractivity contribution is -0.137. The molecule has 1 aromatic heterocycles. The van der Waals surface area contributed by atoms with Crippen LogP contribution >= 0.6 is 43.2 Å². The quantitative estimate of drug-likeness (QED) is 0.682. The van der Waals surface area contributed by atoms with Crippen LogP contribution in [0.1, 0.15) is 22.0 Å². The first-order valence-corrected chi connectivity index (χ1v) is 8.04.